The summed E-state index contributed by atoms with van der Waals surface area (Å²) in [7, 11) is 0. The van der Waals surface area contributed by atoms with Crippen molar-refractivity contribution in [3.8, 4) is 12.3 Å². The highest BCUT2D eigenvalue weighted by Gasteiger charge is 2.39. The van der Waals surface area contributed by atoms with Crippen molar-refractivity contribution in [1.29, 1.82) is 0 Å². The highest BCUT2D eigenvalue weighted by Crippen LogP contribution is 2.35. The van der Waals surface area contributed by atoms with Crippen LogP contribution in [0.5, 0.6) is 0 Å². The molecule has 0 aromatic carbocycles. The number of carbonyl (C=O) groups excluding carboxylic acids is 1. The van der Waals surface area contributed by atoms with E-state index < -0.39 is 11.4 Å². The van der Waals surface area contributed by atoms with Gasteiger partial charge < -0.3 is 15.7 Å². The standard InChI is InChI=1S/C13H20N2O3/c1-2-3-9-14-12(18)15-10-13(11(16)17)7-5-4-6-8-13/h1H,3-10H2,(H,16,17)(H2,14,15,18). The van der Waals surface area contributed by atoms with Crippen molar-refractivity contribution in [3.63, 3.8) is 0 Å². The minimum Gasteiger partial charge on any atom is -0.481 e. The second-order valence-electron chi connectivity index (χ2n) is 4.71. The Kier molecular flexibility index (Phi) is 5.50. The van der Waals surface area contributed by atoms with E-state index in [1.165, 1.54) is 0 Å². The molecule has 0 aliphatic heterocycles. The normalized spacial score (nSPS) is 17.5. The Bertz CT molecular complexity index is 341. The number of carboxylic acid groups (broad SMARTS) is 1. The SMILES string of the molecule is C#CCCNC(=O)NCC1(C(=O)O)CCCCC1. The summed E-state index contributed by atoms with van der Waals surface area (Å²) in [5.74, 6) is 1.60. The van der Waals surface area contributed by atoms with E-state index in [0.717, 1.165) is 19.3 Å². The molecular formula is C13H20N2O3. The maximum Gasteiger partial charge on any atom is 0.314 e. The van der Waals surface area contributed by atoms with E-state index in [2.05, 4.69) is 16.6 Å². The Morgan fingerprint density at radius 3 is 2.44 bits per heavy atom. The number of hydrogen-bond donors (Lipinski definition) is 3. The average Bonchev–Trinajstić information content (AvgIpc) is 2.37. The lowest BCUT2D eigenvalue weighted by atomic mass is 9.74. The zero-order valence-corrected chi connectivity index (χ0v) is 10.5. The van der Waals surface area contributed by atoms with Crippen LogP contribution >= 0.6 is 0 Å². The van der Waals surface area contributed by atoms with Gasteiger partial charge in [-0.1, -0.05) is 19.3 Å². The van der Waals surface area contributed by atoms with E-state index >= 15 is 0 Å². The summed E-state index contributed by atoms with van der Waals surface area (Å²) < 4.78 is 0. The molecule has 0 unspecified atom stereocenters. The number of carboxylic acids is 1. The van der Waals surface area contributed by atoms with Gasteiger partial charge in [-0.2, -0.15) is 0 Å². The van der Waals surface area contributed by atoms with Crippen molar-refractivity contribution in [2.75, 3.05) is 13.1 Å². The monoisotopic (exact) mass is 252 g/mol. The summed E-state index contributed by atoms with van der Waals surface area (Å²) in [4.78, 5) is 22.8. The van der Waals surface area contributed by atoms with Crippen LogP contribution in [-0.2, 0) is 4.79 Å². The molecule has 18 heavy (non-hydrogen) atoms. The van der Waals surface area contributed by atoms with E-state index in [-0.39, 0.29) is 12.6 Å². The minimum atomic E-state index is -0.814. The maximum atomic E-state index is 11.4. The van der Waals surface area contributed by atoms with Gasteiger partial charge in [0, 0.05) is 19.5 Å². The quantitative estimate of drug-likeness (QED) is 0.510. The van der Waals surface area contributed by atoms with Gasteiger partial charge in [0.2, 0.25) is 0 Å². The van der Waals surface area contributed by atoms with Crippen molar-refractivity contribution >= 4 is 12.0 Å². The van der Waals surface area contributed by atoms with Crippen molar-refractivity contribution in [3.05, 3.63) is 0 Å². The number of nitrogens with one attached hydrogen (secondary N) is 2. The Labute approximate surface area is 107 Å². The molecule has 0 saturated heterocycles. The van der Waals surface area contributed by atoms with Crippen molar-refractivity contribution in [1.82, 2.24) is 10.6 Å². The minimum absolute atomic E-state index is 0.185. The molecule has 0 bridgehead atoms. The lowest BCUT2D eigenvalue weighted by Crippen LogP contribution is -2.47. The average molecular weight is 252 g/mol. The molecule has 3 N–H and O–H groups in total. The third-order valence-corrected chi connectivity index (χ3v) is 3.41. The molecule has 0 heterocycles. The maximum absolute atomic E-state index is 11.4. The predicted molar refractivity (Wildman–Crippen MR) is 68.0 cm³/mol. The third-order valence-electron chi connectivity index (χ3n) is 3.41. The molecule has 5 nitrogen and oxygen atoms in total. The second kappa shape index (κ2) is 6.90. The largest absolute Gasteiger partial charge is 0.481 e. The van der Waals surface area contributed by atoms with Gasteiger partial charge in [-0.25, -0.2) is 4.79 Å². The van der Waals surface area contributed by atoms with Crippen LogP contribution < -0.4 is 10.6 Å². The summed E-state index contributed by atoms with van der Waals surface area (Å²) in [5, 5.41) is 14.5. The molecule has 0 spiro atoms. The van der Waals surface area contributed by atoms with Crippen LogP contribution in [0, 0.1) is 17.8 Å². The molecule has 0 atom stereocenters. The smallest absolute Gasteiger partial charge is 0.314 e. The first-order valence-electron chi connectivity index (χ1n) is 6.29. The lowest BCUT2D eigenvalue weighted by molar-refractivity contribution is -0.150. The zero-order valence-electron chi connectivity index (χ0n) is 10.5. The van der Waals surface area contributed by atoms with E-state index in [9.17, 15) is 14.7 Å². The molecule has 1 fully saturated rings. The molecule has 2 amide bonds. The molecule has 0 aromatic rings. The van der Waals surface area contributed by atoms with Gasteiger partial charge in [0.1, 0.15) is 0 Å². The van der Waals surface area contributed by atoms with Crippen LogP contribution in [0.2, 0.25) is 0 Å². The van der Waals surface area contributed by atoms with E-state index in [0.29, 0.717) is 25.8 Å². The number of amides is 2. The van der Waals surface area contributed by atoms with Crippen LogP contribution in [0.15, 0.2) is 0 Å². The number of aliphatic carboxylic acids is 1. The van der Waals surface area contributed by atoms with Crippen molar-refractivity contribution in [2.24, 2.45) is 5.41 Å². The highest BCUT2D eigenvalue weighted by molar-refractivity contribution is 5.78. The van der Waals surface area contributed by atoms with Gasteiger partial charge in [-0.15, -0.1) is 12.3 Å². The molecule has 1 aliphatic carbocycles. The summed E-state index contributed by atoms with van der Waals surface area (Å²) in [5.41, 5.74) is -0.790. The van der Waals surface area contributed by atoms with Gasteiger partial charge >= 0.3 is 12.0 Å². The Morgan fingerprint density at radius 2 is 1.89 bits per heavy atom. The van der Waals surface area contributed by atoms with Crippen molar-refractivity contribution in [2.45, 2.75) is 38.5 Å². The van der Waals surface area contributed by atoms with Crippen LogP contribution in [0.3, 0.4) is 0 Å². The summed E-state index contributed by atoms with van der Waals surface area (Å²) >= 11 is 0. The first-order chi connectivity index (χ1) is 8.60. The Morgan fingerprint density at radius 1 is 1.22 bits per heavy atom. The molecule has 0 aromatic heterocycles. The van der Waals surface area contributed by atoms with Crippen molar-refractivity contribution < 1.29 is 14.7 Å². The third kappa shape index (κ3) is 3.95. The molecule has 1 rings (SSSR count). The predicted octanol–water partition coefficient (Wildman–Crippen LogP) is 1.34. The van der Waals surface area contributed by atoms with Gasteiger partial charge in [0.05, 0.1) is 5.41 Å². The first kappa shape index (κ1) is 14.4. The summed E-state index contributed by atoms with van der Waals surface area (Å²) in [6, 6.07) is -0.351. The van der Waals surface area contributed by atoms with Gasteiger partial charge in [0.25, 0.3) is 0 Å². The van der Waals surface area contributed by atoms with E-state index in [4.69, 9.17) is 6.42 Å². The Balaban J connectivity index is 2.40. The van der Waals surface area contributed by atoms with Crippen LogP contribution in [0.4, 0.5) is 4.79 Å². The number of carbonyl (C=O) groups is 2. The Hall–Kier alpha value is -1.70. The molecule has 5 heteroatoms. The number of terminal acetylenes is 1. The topological polar surface area (TPSA) is 78.4 Å². The summed E-state index contributed by atoms with van der Waals surface area (Å²) in [6.07, 6.45) is 9.69. The molecule has 1 saturated carbocycles. The summed E-state index contributed by atoms with van der Waals surface area (Å²) in [6.45, 7) is 0.590. The van der Waals surface area contributed by atoms with Crippen LogP contribution in [0.1, 0.15) is 38.5 Å². The molecular weight excluding hydrogens is 232 g/mol. The van der Waals surface area contributed by atoms with Crippen LogP contribution in [-0.4, -0.2) is 30.2 Å². The zero-order chi connectivity index (χ0) is 13.4. The highest BCUT2D eigenvalue weighted by atomic mass is 16.4. The lowest BCUT2D eigenvalue weighted by Gasteiger charge is -2.33. The molecule has 0 radical (unpaired) electrons. The van der Waals surface area contributed by atoms with E-state index in [1.54, 1.807) is 0 Å². The fourth-order valence-corrected chi connectivity index (χ4v) is 2.25. The molecule has 100 valence electrons. The fourth-order valence-electron chi connectivity index (χ4n) is 2.25. The van der Waals surface area contributed by atoms with Gasteiger partial charge in [-0.05, 0) is 12.8 Å². The van der Waals surface area contributed by atoms with Gasteiger partial charge in [0.15, 0.2) is 0 Å². The number of urea groups is 1. The van der Waals surface area contributed by atoms with E-state index in [1.807, 2.05) is 0 Å². The van der Waals surface area contributed by atoms with Gasteiger partial charge in [-0.3, -0.25) is 4.79 Å². The number of rotatable bonds is 5. The first-order valence-corrected chi connectivity index (χ1v) is 6.29. The van der Waals surface area contributed by atoms with Crippen LogP contribution in [0.25, 0.3) is 0 Å². The number of hydrogen-bond acceptors (Lipinski definition) is 2. The second-order valence-corrected chi connectivity index (χ2v) is 4.71. The molecule has 1 aliphatic rings. The fraction of sp³-hybridized carbons (Fsp3) is 0.692.